The third-order valence-electron chi connectivity index (χ3n) is 3.17. The van der Waals surface area contributed by atoms with Gasteiger partial charge >= 0.3 is 0 Å². The fraction of sp³-hybridized carbons (Fsp3) is 0. The lowest BCUT2D eigenvalue weighted by Gasteiger charge is -2.08. The van der Waals surface area contributed by atoms with Gasteiger partial charge in [0, 0.05) is 18.0 Å². The summed E-state index contributed by atoms with van der Waals surface area (Å²) in [5.74, 6) is -1.19. The number of nitrogens with zero attached hydrogens (tertiary/aromatic N) is 2. The van der Waals surface area contributed by atoms with Crippen molar-refractivity contribution in [1.82, 2.24) is 9.97 Å². The normalized spacial score (nSPS) is 10.3. The van der Waals surface area contributed by atoms with E-state index >= 15 is 0 Å². The summed E-state index contributed by atoms with van der Waals surface area (Å²) >= 11 is 6.05. The van der Waals surface area contributed by atoms with Crippen LogP contribution in [0.25, 0.3) is 11.3 Å². The second-order valence-corrected chi connectivity index (χ2v) is 5.13. The van der Waals surface area contributed by atoms with Crippen LogP contribution in [0.1, 0.15) is 10.4 Å². The smallest absolute Gasteiger partial charge is 0.258 e. The van der Waals surface area contributed by atoms with Crippen molar-refractivity contribution in [1.29, 1.82) is 0 Å². The first kappa shape index (κ1) is 15.1. The third kappa shape index (κ3) is 3.35. The summed E-state index contributed by atoms with van der Waals surface area (Å²) in [5.41, 5.74) is 1.40. The van der Waals surface area contributed by atoms with Crippen molar-refractivity contribution < 1.29 is 9.18 Å². The first-order valence-electron chi connectivity index (χ1n) is 6.77. The summed E-state index contributed by atoms with van der Waals surface area (Å²) in [6, 6.07) is 11.0. The highest BCUT2D eigenvalue weighted by Crippen LogP contribution is 2.26. The van der Waals surface area contributed by atoms with Crippen molar-refractivity contribution in [3.05, 3.63) is 77.5 Å². The van der Waals surface area contributed by atoms with Crippen LogP contribution < -0.4 is 5.32 Å². The molecule has 0 atom stereocenters. The second-order valence-electron chi connectivity index (χ2n) is 4.72. The Morgan fingerprint density at radius 3 is 2.65 bits per heavy atom. The first-order chi connectivity index (χ1) is 11.1. The minimum Gasteiger partial charge on any atom is -0.320 e. The zero-order valence-electron chi connectivity index (χ0n) is 11.8. The van der Waals surface area contributed by atoms with Gasteiger partial charge in [-0.25, -0.2) is 4.39 Å². The summed E-state index contributed by atoms with van der Waals surface area (Å²) in [6.07, 6.45) is 4.64. The molecular formula is C17H11ClFN3O. The van der Waals surface area contributed by atoms with E-state index in [1.54, 1.807) is 42.7 Å². The Morgan fingerprint density at radius 2 is 1.96 bits per heavy atom. The van der Waals surface area contributed by atoms with Crippen LogP contribution >= 0.6 is 11.6 Å². The molecule has 2 aromatic heterocycles. The maximum atomic E-state index is 14.3. The number of benzene rings is 1. The van der Waals surface area contributed by atoms with E-state index in [0.29, 0.717) is 22.0 Å². The SMILES string of the molecule is O=C(Nc1cccnc1)c1ccc(-c2ncccc2Cl)cc1F. The van der Waals surface area contributed by atoms with Crippen molar-refractivity contribution in [2.24, 2.45) is 0 Å². The first-order valence-corrected chi connectivity index (χ1v) is 7.15. The summed E-state index contributed by atoms with van der Waals surface area (Å²) in [7, 11) is 0. The molecule has 114 valence electrons. The Hall–Kier alpha value is -2.79. The van der Waals surface area contributed by atoms with Crippen LogP contribution in [0.4, 0.5) is 10.1 Å². The molecule has 0 saturated heterocycles. The van der Waals surface area contributed by atoms with Crippen LogP contribution in [0.15, 0.2) is 61.1 Å². The number of amides is 1. The maximum absolute atomic E-state index is 14.3. The molecule has 23 heavy (non-hydrogen) atoms. The Labute approximate surface area is 137 Å². The van der Waals surface area contributed by atoms with Crippen LogP contribution in [-0.2, 0) is 0 Å². The highest BCUT2D eigenvalue weighted by molar-refractivity contribution is 6.33. The molecule has 1 amide bonds. The van der Waals surface area contributed by atoms with E-state index in [1.807, 2.05) is 0 Å². The van der Waals surface area contributed by atoms with Crippen LogP contribution in [0.3, 0.4) is 0 Å². The molecule has 6 heteroatoms. The number of carbonyl (C=O) groups is 1. The quantitative estimate of drug-likeness (QED) is 0.784. The standard InChI is InChI=1S/C17H11ClFN3O/c18-14-4-2-8-21-16(14)11-5-6-13(15(19)9-11)17(23)22-12-3-1-7-20-10-12/h1-10H,(H,22,23). The topological polar surface area (TPSA) is 54.9 Å². The van der Waals surface area contributed by atoms with E-state index in [1.165, 1.54) is 18.3 Å². The lowest BCUT2D eigenvalue weighted by atomic mass is 10.1. The van der Waals surface area contributed by atoms with Gasteiger partial charge in [0.1, 0.15) is 5.82 Å². The number of nitrogens with one attached hydrogen (secondary N) is 1. The van der Waals surface area contributed by atoms with Crippen molar-refractivity contribution in [2.75, 3.05) is 5.32 Å². The van der Waals surface area contributed by atoms with Gasteiger partial charge in [0.25, 0.3) is 5.91 Å². The lowest BCUT2D eigenvalue weighted by molar-refractivity contribution is 0.102. The predicted octanol–water partition coefficient (Wildman–Crippen LogP) is 4.19. The molecule has 4 nitrogen and oxygen atoms in total. The number of aromatic nitrogens is 2. The molecule has 3 aromatic rings. The van der Waals surface area contributed by atoms with Crippen molar-refractivity contribution in [3.8, 4) is 11.3 Å². The average molecular weight is 328 g/mol. The zero-order chi connectivity index (χ0) is 16.2. The van der Waals surface area contributed by atoms with Gasteiger partial charge in [0.2, 0.25) is 0 Å². The van der Waals surface area contributed by atoms with Crippen molar-refractivity contribution >= 4 is 23.2 Å². The molecule has 3 rings (SSSR count). The van der Waals surface area contributed by atoms with Crippen molar-refractivity contribution in [3.63, 3.8) is 0 Å². The Bertz CT molecular complexity index is 855. The number of pyridine rings is 2. The second kappa shape index (κ2) is 6.54. The summed E-state index contributed by atoms with van der Waals surface area (Å²) in [5, 5.41) is 3.00. The Morgan fingerprint density at radius 1 is 1.13 bits per heavy atom. The fourth-order valence-electron chi connectivity index (χ4n) is 2.08. The van der Waals surface area contributed by atoms with Crippen LogP contribution in [0.2, 0.25) is 5.02 Å². The third-order valence-corrected chi connectivity index (χ3v) is 3.47. The molecule has 0 unspecified atom stereocenters. The molecule has 0 spiro atoms. The van der Waals surface area contributed by atoms with E-state index in [2.05, 4.69) is 15.3 Å². The minimum atomic E-state index is -0.648. The number of hydrogen-bond acceptors (Lipinski definition) is 3. The fourth-order valence-corrected chi connectivity index (χ4v) is 2.31. The van der Waals surface area contributed by atoms with Gasteiger partial charge < -0.3 is 5.32 Å². The monoisotopic (exact) mass is 327 g/mol. The lowest BCUT2D eigenvalue weighted by Crippen LogP contribution is -2.13. The predicted molar refractivity (Wildman–Crippen MR) is 86.8 cm³/mol. The van der Waals surface area contributed by atoms with E-state index in [9.17, 15) is 9.18 Å². The van der Waals surface area contributed by atoms with Gasteiger partial charge in [-0.15, -0.1) is 0 Å². The molecule has 0 aliphatic rings. The summed E-state index contributed by atoms with van der Waals surface area (Å²) in [6.45, 7) is 0. The van der Waals surface area contributed by atoms with E-state index in [4.69, 9.17) is 11.6 Å². The molecule has 1 aromatic carbocycles. The molecule has 1 N–H and O–H groups in total. The molecule has 0 radical (unpaired) electrons. The minimum absolute atomic E-state index is 0.0651. The number of rotatable bonds is 3. The van der Waals surface area contributed by atoms with Crippen LogP contribution in [-0.4, -0.2) is 15.9 Å². The van der Waals surface area contributed by atoms with E-state index in [-0.39, 0.29) is 5.56 Å². The summed E-state index contributed by atoms with van der Waals surface area (Å²) < 4.78 is 14.3. The molecule has 0 aliphatic carbocycles. The number of anilines is 1. The average Bonchev–Trinajstić information content (AvgIpc) is 2.56. The van der Waals surface area contributed by atoms with E-state index < -0.39 is 11.7 Å². The highest BCUT2D eigenvalue weighted by atomic mass is 35.5. The molecular weight excluding hydrogens is 317 g/mol. The van der Waals surface area contributed by atoms with Gasteiger partial charge in [0.05, 0.1) is 28.2 Å². The Kier molecular flexibility index (Phi) is 4.30. The Balaban J connectivity index is 1.88. The van der Waals surface area contributed by atoms with Gasteiger partial charge in [-0.1, -0.05) is 17.7 Å². The molecule has 0 saturated carbocycles. The van der Waals surface area contributed by atoms with Gasteiger partial charge in [0.15, 0.2) is 0 Å². The number of halogens is 2. The zero-order valence-corrected chi connectivity index (χ0v) is 12.6. The van der Waals surface area contributed by atoms with E-state index in [0.717, 1.165) is 0 Å². The number of hydrogen-bond donors (Lipinski definition) is 1. The van der Waals surface area contributed by atoms with Crippen molar-refractivity contribution in [2.45, 2.75) is 0 Å². The maximum Gasteiger partial charge on any atom is 0.258 e. The molecule has 2 heterocycles. The van der Waals surface area contributed by atoms with Crippen LogP contribution in [0, 0.1) is 5.82 Å². The highest BCUT2D eigenvalue weighted by Gasteiger charge is 2.14. The molecule has 0 aliphatic heterocycles. The molecule has 0 fully saturated rings. The van der Waals surface area contributed by atoms with Crippen LogP contribution in [0.5, 0.6) is 0 Å². The van der Waals surface area contributed by atoms with Gasteiger partial charge in [-0.05, 0) is 36.4 Å². The number of carbonyl (C=O) groups excluding carboxylic acids is 1. The van der Waals surface area contributed by atoms with Gasteiger partial charge in [-0.3, -0.25) is 14.8 Å². The molecule has 0 bridgehead atoms. The summed E-state index contributed by atoms with van der Waals surface area (Å²) in [4.78, 5) is 20.1. The van der Waals surface area contributed by atoms with Gasteiger partial charge in [-0.2, -0.15) is 0 Å². The largest absolute Gasteiger partial charge is 0.320 e.